The normalized spacial score (nSPS) is 18.8. The van der Waals surface area contributed by atoms with Crippen LogP contribution in [0.5, 0.6) is 0 Å². The van der Waals surface area contributed by atoms with Gasteiger partial charge in [-0.15, -0.1) is 11.3 Å². The molecule has 1 aromatic heterocycles. The average molecular weight is 412 g/mol. The molecule has 29 heavy (non-hydrogen) atoms. The molecule has 1 aliphatic heterocycles. The summed E-state index contributed by atoms with van der Waals surface area (Å²) in [4.78, 5) is 21.8. The van der Waals surface area contributed by atoms with Crippen LogP contribution in [0, 0.1) is 11.8 Å². The second-order valence-electron chi connectivity index (χ2n) is 8.64. The average Bonchev–Trinajstić information content (AvgIpc) is 3.49. The molecule has 4 rings (SSSR count). The van der Waals surface area contributed by atoms with Crippen LogP contribution in [0.1, 0.15) is 56.7 Å². The van der Waals surface area contributed by atoms with Crippen LogP contribution < -0.4 is 4.90 Å². The number of hydrogen-bond donors (Lipinski definition) is 0. The number of carbonyl (C=O) groups excluding carboxylic acids is 1. The molecule has 1 unspecified atom stereocenters. The quantitative estimate of drug-likeness (QED) is 0.517. The summed E-state index contributed by atoms with van der Waals surface area (Å²) in [5.41, 5.74) is 2.11. The third-order valence-corrected chi connectivity index (χ3v) is 7.89. The summed E-state index contributed by atoms with van der Waals surface area (Å²) >= 11 is 1.82. The number of anilines is 1. The fraction of sp³-hybridized carbons (Fsp3) is 0.583. The number of aryl methyl sites for hydroxylation is 1. The molecule has 5 heteroatoms. The number of nitrogens with zero attached hydrogens (tertiary/aromatic N) is 3. The first-order valence-electron chi connectivity index (χ1n) is 11.2. The molecular weight excluding hydrogens is 378 g/mol. The third-order valence-electron chi connectivity index (χ3n) is 6.78. The Morgan fingerprint density at radius 1 is 1.17 bits per heavy atom. The molecule has 2 heterocycles. The second kappa shape index (κ2) is 9.29. The highest BCUT2D eigenvalue weighted by molar-refractivity contribution is 7.15. The fourth-order valence-electron chi connectivity index (χ4n) is 4.97. The van der Waals surface area contributed by atoms with Crippen molar-refractivity contribution in [2.75, 3.05) is 25.0 Å². The van der Waals surface area contributed by atoms with Gasteiger partial charge in [-0.2, -0.15) is 0 Å². The summed E-state index contributed by atoms with van der Waals surface area (Å²) in [5.74, 6) is 1.91. The van der Waals surface area contributed by atoms with Crippen LogP contribution in [0.15, 0.2) is 30.5 Å². The Balaban J connectivity index is 1.32. The van der Waals surface area contributed by atoms with Gasteiger partial charge >= 0.3 is 6.03 Å². The van der Waals surface area contributed by atoms with Gasteiger partial charge in [0.2, 0.25) is 0 Å². The predicted molar refractivity (Wildman–Crippen MR) is 122 cm³/mol. The van der Waals surface area contributed by atoms with Crippen molar-refractivity contribution in [1.29, 1.82) is 0 Å². The van der Waals surface area contributed by atoms with E-state index in [1.165, 1.54) is 49.8 Å². The molecule has 156 valence electrons. The van der Waals surface area contributed by atoms with E-state index in [0.717, 1.165) is 47.6 Å². The molecule has 0 N–H and O–H groups in total. The van der Waals surface area contributed by atoms with Crippen molar-refractivity contribution < 1.29 is 4.79 Å². The highest BCUT2D eigenvalue weighted by Gasteiger charge is 2.26. The summed E-state index contributed by atoms with van der Waals surface area (Å²) in [6.07, 6.45) is 13.0. The molecule has 1 atom stereocenters. The van der Waals surface area contributed by atoms with Gasteiger partial charge in [0.05, 0.1) is 0 Å². The number of urea groups is 1. The topological polar surface area (TPSA) is 36.4 Å². The van der Waals surface area contributed by atoms with Crippen LogP contribution in [0.2, 0.25) is 0 Å². The first kappa shape index (κ1) is 20.4. The molecule has 1 aromatic carbocycles. The smallest absolute Gasteiger partial charge is 0.324 e. The van der Waals surface area contributed by atoms with Crippen LogP contribution in [0.3, 0.4) is 0 Å². The summed E-state index contributed by atoms with van der Waals surface area (Å²) in [5, 5.41) is 1.08. The van der Waals surface area contributed by atoms with Crippen molar-refractivity contribution in [2.24, 2.45) is 11.8 Å². The molecule has 1 saturated carbocycles. The number of carbonyl (C=O) groups is 1. The Labute approximate surface area is 178 Å². The van der Waals surface area contributed by atoms with Crippen molar-refractivity contribution in [1.82, 2.24) is 9.88 Å². The predicted octanol–water partition coefficient (Wildman–Crippen LogP) is 6.22. The van der Waals surface area contributed by atoms with E-state index in [9.17, 15) is 4.79 Å². The van der Waals surface area contributed by atoms with E-state index in [1.807, 2.05) is 35.4 Å². The van der Waals surface area contributed by atoms with Gasteiger partial charge in [-0.05, 0) is 55.4 Å². The van der Waals surface area contributed by atoms with Gasteiger partial charge in [0.1, 0.15) is 5.01 Å². The minimum absolute atomic E-state index is 0.0808. The molecule has 0 bridgehead atoms. The Morgan fingerprint density at radius 3 is 2.59 bits per heavy atom. The number of amides is 2. The molecule has 0 spiro atoms. The SMILES string of the molecule is CCC(CCCc1cnc(-c2ccc(N3CCN(C)C3=O)cc2)s1)C1CCCC1. The number of rotatable bonds is 8. The lowest BCUT2D eigenvalue weighted by atomic mass is 9.85. The number of benzene rings is 1. The van der Waals surface area contributed by atoms with Crippen LogP contribution >= 0.6 is 11.3 Å². The fourth-order valence-corrected chi connectivity index (χ4v) is 5.93. The summed E-state index contributed by atoms with van der Waals surface area (Å²) in [7, 11) is 1.85. The van der Waals surface area contributed by atoms with Crippen molar-refractivity contribution in [3.05, 3.63) is 35.3 Å². The van der Waals surface area contributed by atoms with Gasteiger partial charge in [-0.3, -0.25) is 4.90 Å². The number of thiazole rings is 1. The van der Waals surface area contributed by atoms with Gasteiger partial charge < -0.3 is 4.90 Å². The zero-order valence-electron chi connectivity index (χ0n) is 17.8. The lowest BCUT2D eigenvalue weighted by Gasteiger charge is -2.21. The van der Waals surface area contributed by atoms with Crippen LogP contribution in [-0.4, -0.2) is 36.1 Å². The van der Waals surface area contributed by atoms with E-state index < -0.39 is 0 Å². The molecule has 4 nitrogen and oxygen atoms in total. The van der Waals surface area contributed by atoms with Crippen LogP contribution in [-0.2, 0) is 6.42 Å². The van der Waals surface area contributed by atoms with Gasteiger partial charge in [-0.1, -0.05) is 39.0 Å². The Morgan fingerprint density at radius 2 is 1.93 bits per heavy atom. The van der Waals surface area contributed by atoms with E-state index in [1.54, 1.807) is 4.90 Å². The Hall–Kier alpha value is -1.88. The Kier molecular flexibility index (Phi) is 6.53. The van der Waals surface area contributed by atoms with E-state index in [4.69, 9.17) is 0 Å². The lowest BCUT2D eigenvalue weighted by Crippen LogP contribution is -2.29. The molecule has 2 aliphatic rings. The molecular formula is C24H33N3OS. The van der Waals surface area contributed by atoms with Gasteiger partial charge in [-0.25, -0.2) is 9.78 Å². The van der Waals surface area contributed by atoms with E-state index in [0.29, 0.717) is 0 Å². The standard InChI is InChI=1S/C24H33N3OS/c1-3-18(19-7-4-5-8-19)9-6-10-22-17-25-23(29-22)20-11-13-21(14-12-20)27-16-15-26(2)24(27)28/h11-14,17-19H,3-10,15-16H2,1-2H3. The first-order chi connectivity index (χ1) is 14.2. The van der Waals surface area contributed by atoms with Crippen LogP contribution in [0.4, 0.5) is 10.5 Å². The van der Waals surface area contributed by atoms with E-state index >= 15 is 0 Å². The van der Waals surface area contributed by atoms with Crippen molar-refractivity contribution in [2.45, 2.75) is 58.3 Å². The van der Waals surface area contributed by atoms with Crippen molar-refractivity contribution in [3.63, 3.8) is 0 Å². The largest absolute Gasteiger partial charge is 0.326 e. The highest BCUT2D eigenvalue weighted by Crippen LogP contribution is 2.36. The zero-order valence-corrected chi connectivity index (χ0v) is 18.6. The monoisotopic (exact) mass is 411 g/mol. The summed E-state index contributed by atoms with van der Waals surface area (Å²) < 4.78 is 0. The Bertz CT molecular complexity index is 810. The molecule has 1 aliphatic carbocycles. The number of likely N-dealkylation sites (N-methyl/N-ethyl adjacent to an activating group) is 1. The van der Waals surface area contributed by atoms with Gasteiger partial charge in [0.15, 0.2) is 0 Å². The molecule has 2 fully saturated rings. The highest BCUT2D eigenvalue weighted by atomic mass is 32.1. The number of aromatic nitrogens is 1. The third kappa shape index (κ3) is 4.66. The first-order valence-corrected chi connectivity index (χ1v) is 12.0. The lowest BCUT2D eigenvalue weighted by molar-refractivity contribution is 0.229. The number of hydrogen-bond acceptors (Lipinski definition) is 3. The maximum absolute atomic E-state index is 12.2. The molecule has 2 aromatic rings. The van der Waals surface area contributed by atoms with E-state index in [-0.39, 0.29) is 6.03 Å². The summed E-state index contributed by atoms with van der Waals surface area (Å²) in [6, 6.07) is 8.35. The maximum Gasteiger partial charge on any atom is 0.324 e. The van der Waals surface area contributed by atoms with Crippen molar-refractivity contribution >= 4 is 23.1 Å². The van der Waals surface area contributed by atoms with Crippen LogP contribution in [0.25, 0.3) is 10.6 Å². The minimum Gasteiger partial charge on any atom is -0.326 e. The molecule has 1 saturated heterocycles. The van der Waals surface area contributed by atoms with Gasteiger partial charge in [0.25, 0.3) is 0 Å². The molecule has 2 amide bonds. The zero-order chi connectivity index (χ0) is 20.2. The molecule has 0 radical (unpaired) electrons. The van der Waals surface area contributed by atoms with E-state index in [2.05, 4.69) is 30.2 Å². The summed E-state index contributed by atoms with van der Waals surface area (Å²) in [6.45, 7) is 3.91. The van der Waals surface area contributed by atoms with Gasteiger partial charge in [0, 0.05) is 42.5 Å². The second-order valence-corrected chi connectivity index (χ2v) is 9.75. The minimum atomic E-state index is 0.0808. The van der Waals surface area contributed by atoms with Crippen molar-refractivity contribution in [3.8, 4) is 10.6 Å². The maximum atomic E-state index is 12.2.